The molecule has 2 aliphatic heterocycles. The van der Waals surface area contributed by atoms with Crippen LogP contribution in [0.2, 0.25) is 10.0 Å². The van der Waals surface area contributed by atoms with E-state index in [1.807, 2.05) is 24.3 Å². The third kappa shape index (κ3) is 7.87. The van der Waals surface area contributed by atoms with Crippen LogP contribution in [0.4, 0.5) is 4.79 Å². The summed E-state index contributed by atoms with van der Waals surface area (Å²) in [4.78, 5) is 29.9. The molecule has 0 saturated carbocycles. The summed E-state index contributed by atoms with van der Waals surface area (Å²) >= 11 is 13.5. The number of aromatic nitrogens is 4. The molecule has 0 atom stereocenters. The average molecular weight is 618 g/mol. The third-order valence-corrected chi connectivity index (χ3v) is 8.31. The summed E-state index contributed by atoms with van der Waals surface area (Å²) in [6.45, 7) is 4.78. The molecule has 216 valence electrons. The number of benzene rings is 2. The molecule has 10 nitrogen and oxygen atoms in total. The Morgan fingerprint density at radius 3 is 2.68 bits per heavy atom. The Kier molecular flexibility index (Phi) is 10.3. The SMILES string of the molecule is O=C1SC(=Cc2cc(-c3ccc(Cl)cc3Cl)ccc2OCCN2CCOCC2)C(=O)N1CCCCCc1nn[nH]n1. The lowest BCUT2D eigenvalue weighted by molar-refractivity contribution is -0.122. The van der Waals surface area contributed by atoms with E-state index in [1.54, 1.807) is 18.2 Å². The van der Waals surface area contributed by atoms with Crippen LogP contribution in [0.5, 0.6) is 5.75 Å². The molecule has 3 heterocycles. The molecular weight excluding hydrogens is 587 g/mol. The van der Waals surface area contributed by atoms with Gasteiger partial charge in [0.1, 0.15) is 12.4 Å². The maximum atomic E-state index is 13.2. The minimum absolute atomic E-state index is 0.272. The van der Waals surface area contributed by atoms with Crippen molar-refractivity contribution < 1.29 is 19.1 Å². The summed E-state index contributed by atoms with van der Waals surface area (Å²) in [5, 5.41) is 14.7. The quantitative estimate of drug-likeness (QED) is 0.213. The van der Waals surface area contributed by atoms with Gasteiger partial charge in [-0.1, -0.05) is 47.0 Å². The highest BCUT2D eigenvalue weighted by Gasteiger charge is 2.34. The van der Waals surface area contributed by atoms with Gasteiger partial charge in [0.05, 0.1) is 18.1 Å². The molecule has 13 heteroatoms. The van der Waals surface area contributed by atoms with Crippen LogP contribution in [0, 0.1) is 0 Å². The van der Waals surface area contributed by atoms with E-state index in [2.05, 4.69) is 25.5 Å². The van der Waals surface area contributed by atoms with Crippen molar-refractivity contribution >= 4 is 52.2 Å². The van der Waals surface area contributed by atoms with Crippen LogP contribution in [0.15, 0.2) is 41.3 Å². The number of nitrogens with one attached hydrogen (secondary N) is 1. The lowest BCUT2D eigenvalue weighted by Gasteiger charge is -2.26. The number of hydrogen-bond acceptors (Lipinski definition) is 9. The Hall–Kier alpha value is -2.96. The van der Waals surface area contributed by atoms with Gasteiger partial charge >= 0.3 is 0 Å². The number of hydrogen-bond donors (Lipinski definition) is 1. The Balaban J connectivity index is 1.29. The molecule has 0 unspecified atom stereocenters. The first kappa shape index (κ1) is 29.5. The number of carbonyl (C=O) groups excluding carboxylic acids is 2. The third-order valence-electron chi connectivity index (χ3n) is 6.85. The highest BCUT2D eigenvalue weighted by Crippen LogP contribution is 2.37. The van der Waals surface area contributed by atoms with Gasteiger partial charge in [0.2, 0.25) is 0 Å². The van der Waals surface area contributed by atoms with E-state index in [4.69, 9.17) is 32.7 Å². The maximum Gasteiger partial charge on any atom is 0.293 e. The minimum Gasteiger partial charge on any atom is -0.492 e. The van der Waals surface area contributed by atoms with Gasteiger partial charge in [-0.3, -0.25) is 19.4 Å². The molecule has 2 aromatic carbocycles. The molecule has 5 rings (SSSR count). The second-order valence-corrected chi connectivity index (χ2v) is 11.5. The molecule has 0 spiro atoms. The zero-order valence-corrected chi connectivity index (χ0v) is 24.7. The van der Waals surface area contributed by atoms with Crippen molar-refractivity contribution in [2.24, 2.45) is 0 Å². The number of morpholine rings is 1. The highest BCUT2D eigenvalue weighted by atomic mass is 35.5. The molecule has 2 amide bonds. The number of halogens is 2. The molecule has 41 heavy (non-hydrogen) atoms. The van der Waals surface area contributed by atoms with E-state index < -0.39 is 0 Å². The summed E-state index contributed by atoms with van der Waals surface area (Å²) in [5.74, 6) is 0.983. The maximum absolute atomic E-state index is 13.2. The monoisotopic (exact) mass is 616 g/mol. The Morgan fingerprint density at radius 1 is 1.05 bits per heavy atom. The van der Waals surface area contributed by atoms with Gasteiger partial charge in [0.25, 0.3) is 11.1 Å². The summed E-state index contributed by atoms with van der Waals surface area (Å²) in [5.41, 5.74) is 2.35. The number of amides is 2. The van der Waals surface area contributed by atoms with E-state index in [-0.39, 0.29) is 11.1 Å². The van der Waals surface area contributed by atoms with E-state index in [1.165, 1.54) is 4.90 Å². The second kappa shape index (κ2) is 14.3. The molecule has 1 aromatic heterocycles. The molecule has 0 aliphatic carbocycles. The molecule has 2 fully saturated rings. The van der Waals surface area contributed by atoms with Crippen molar-refractivity contribution in [3.63, 3.8) is 0 Å². The van der Waals surface area contributed by atoms with Crippen LogP contribution in [-0.4, -0.2) is 87.6 Å². The van der Waals surface area contributed by atoms with E-state index >= 15 is 0 Å². The number of nitrogens with zero attached hydrogens (tertiary/aromatic N) is 5. The normalized spacial score (nSPS) is 17.1. The Morgan fingerprint density at radius 2 is 1.90 bits per heavy atom. The number of tetrazole rings is 1. The first-order valence-electron chi connectivity index (χ1n) is 13.5. The van der Waals surface area contributed by atoms with E-state index in [9.17, 15) is 9.59 Å². The predicted molar refractivity (Wildman–Crippen MR) is 159 cm³/mol. The average Bonchev–Trinajstić information content (AvgIpc) is 3.58. The number of rotatable bonds is 12. The minimum atomic E-state index is -0.299. The summed E-state index contributed by atoms with van der Waals surface area (Å²) in [6.07, 6.45) is 4.81. The first-order chi connectivity index (χ1) is 20.0. The fourth-order valence-electron chi connectivity index (χ4n) is 4.65. The predicted octanol–water partition coefficient (Wildman–Crippen LogP) is 5.33. The van der Waals surface area contributed by atoms with Crippen LogP contribution < -0.4 is 4.74 Å². The highest BCUT2D eigenvalue weighted by molar-refractivity contribution is 8.18. The lowest BCUT2D eigenvalue weighted by atomic mass is 10.0. The van der Waals surface area contributed by atoms with Crippen molar-refractivity contribution in [3.05, 3.63) is 62.7 Å². The fraction of sp³-hybridized carbons (Fsp3) is 0.393. The van der Waals surface area contributed by atoms with E-state index in [0.717, 1.165) is 68.6 Å². The number of ether oxygens (including phenoxy) is 2. The van der Waals surface area contributed by atoms with Crippen molar-refractivity contribution in [1.29, 1.82) is 0 Å². The number of aromatic amines is 1. The van der Waals surface area contributed by atoms with E-state index in [0.29, 0.717) is 58.1 Å². The van der Waals surface area contributed by atoms with Gasteiger partial charge in [-0.25, -0.2) is 0 Å². The van der Waals surface area contributed by atoms with Crippen LogP contribution in [-0.2, 0) is 16.0 Å². The number of carbonyl (C=O) groups is 2. The molecule has 1 N–H and O–H groups in total. The number of aryl methyl sites for hydroxylation is 1. The zero-order valence-electron chi connectivity index (χ0n) is 22.4. The first-order valence-corrected chi connectivity index (χ1v) is 15.1. The zero-order chi connectivity index (χ0) is 28.6. The Labute approximate surface area is 252 Å². The number of H-pyrrole nitrogens is 1. The van der Waals surface area contributed by atoms with Crippen molar-refractivity contribution in [2.45, 2.75) is 25.7 Å². The van der Waals surface area contributed by atoms with Gasteiger partial charge in [0.15, 0.2) is 5.82 Å². The molecule has 0 radical (unpaired) electrons. The van der Waals surface area contributed by atoms with Crippen LogP contribution in [0.1, 0.15) is 30.7 Å². The van der Waals surface area contributed by atoms with Crippen LogP contribution >= 0.6 is 35.0 Å². The fourth-order valence-corrected chi connectivity index (χ4v) is 6.02. The van der Waals surface area contributed by atoms with Crippen molar-refractivity contribution in [3.8, 4) is 16.9 Å². The summed E-state index contributed by atoms with van der Waals surface area (Å²) < 4.78 is 11.6. The van der Waals surface area contributed by atoms with Crippen molar-refractivity contribution in [2.75, 3.05) is 46.0 Å². The number of imide groups is 1. The largest absolute Gasteiger partial charge is 0.492 e. The number of thioether (sulfide) groups is 1. The van der Waals surface area contributed by atoms with Gasteiger partial charge < -0.3 is 9.47 Å². The molecule has 2 saturated heterocycles. The van der Waals surface area contributed by atoms with Gasteiger partial charge in [0, 0.05) is 53.8 Å². The van der Waals surface area contributed by atoms with Gasteiger partial charge in [-0.15, -0.1) is 10.2 Å². The topological polar surface area (TPSA) is 114 Å². The van der Waals surface area contributed by atoms with Gasteiger partial charge in [-0.2, -0.15) is 5.21 Å². The molecule has 0 bridgehead atoms. The summed E-state index contributed by atoms with van der Waals surface area (Å²) in [7, 11) is 0. The lowest BCUT2D eigenvalue weighted by Crippen LogP contribution is -2.38. The summed E-state index contributed by atoms with van der Waals surface area (Å²) in [6, 6.07) is 11.1. The van der Waals surface area contributed by atoms with Crippen LogP contribution in [0.25, 0.3) is 17.2 Å². The smallest absolute Gasteiger partial charge is 0.293 e. The standard InChI is InChI=1S/C28H30Cl2N6O4S/c29-21-6-7-22(23(30)18-21)19-5-8-24(40-15-12-35-10-13-39-14-11-35)20(16-19)17-25-27(37)36(28(38)41-25)9-3-1-2-4-26-31-33-34-32-26/h5-8,16-18H,1-4,9-15H2,(H,31,32,33,34). The molecular formula is C28H30Cl2N6O4S. The van der Waals surface area contributed by atoms with Gasteiger partial charge in [-0.05, 0) is 60.5 Å². The Bertz CT molecular complexity index is 1400. The molecule has 3 aromatic rings. The second-order valence-electron chi connectivity index (χ2n) is 9.65. The van der Waals surface area contributed by atoms with Crippen molar-refractivity contribution in [1.82, 2.24) is 30.4 Å². The van der Waals surface area contributed by atoms with Crippen LogP contribution in [0.3, 0.4) is 0 Å². The number of unbranched alkanes of at least 4 members (excludes halogenated alkanes) is 2. The molecule has 2 aliphatic rings.